The number of H-pyrrole nitrogens is 1. The molecular formula is C10H10ClN3O3S2. The van der Waals surface area contributed by atoms with Crippen LogP contribution in [0, 0.1) is 0 Å². The largest absolute Gasteiger partial charge is 0.481 e. The summed E-state index contributed by atoms with van der Waals surface area (Å²) >= 11 is 8.25. The highest BCUT2D eigenvalue weighted by atomic mass is 35.5. The molecule has 0 saturated heterocycles. The molecule has 2 aromatic heterocycles. The number of nitrogens with zero attached hydrogens (tertiary/aromatic N) is 2. The summed E-state index contributed by atoms with van der Waals surface area (Å²) in [5.41, 5.74) is -0.370. The van der Waals surface area contributed by atoms with Crippen molar-refractivity contribution in [3.05, 3.63) is 31.8 Å². The molecule has 0 radical (unpaired) electrons. The number of aromatic amines is 1. The van der Waals surface area contributed by atoms with Gasteiger partial charge < -0.3 is 5.11 Å². The molecular weight excluding hydrogens is 310 g/mol. The van der Waals surface area contributed by atoms with E-state index in [9.17, 15) is 9.59 Å². The molecule has 0 bridgehead atoms. The first-order valence-corrected chi connectivity index (χ1v) is 7.43. The number of carboxylic acid groups (broad SMARTS) is 1. The van der Waals surface area contributed by atoms with Crippen molar-refractivity contribution in [1.29, 1.82) is 0 Å². The van der Waals surface area contributed by atoms with Gasteiger partial charge in [-0.15, -0.1) is 16.4 Å². The van der Waals surface area contributed by atoms with Crippen LogP contribution in [0.25, 0.3) is 0 Å². The highest BCUT2D eigenvalue weighted by molar-refractivity contribution is 7.99. The van der Waals surface area contributed by atoms with Crippen LogP contribution in [-0.2, 0) is 4.79 Å². The molecule has 0 aliphatic heterocycles. The van der Waals surface area contributed by atoms with E-state index in [4.69, 9.17) is 16.7 Å². The molecule has 0 spiro atoms. The standard InChI is InChI=1S/C10H10ClN3O3S2/c1-5(6-2-3-7(11)19-6)14-9(17)12-13-10(14)18-4-8(15)16/h2-3,5H,4H2,1H3,(H,12,17)(H,15,16). The van der Waals surface area contributed by atoms with Gasteiger partial charge in [0.1, 0.15) is 0 Å². The fraction of sp³-hybridized carbons (Fsp3) is 0.300. The smallest absolute Gasteiger partial charge is 0.344 e. The van der Waals surface area contributed by atoms with E-state index < -0.39 is 5.97 Å². The molecule has 19 heavy (non-hydrogen) atoms. The topological polar surface area (TPSA) is 88.0 Å². The van der Waals surface area contributed by atoms with Gasteiger partial charge in [-0.05, 0) is 19.1 Å². The fourth-order valence-electron chi connectivity index (χ4n) is 1.54. The molecule has 1 unspecified atom stereocenters. The maximum absolute atomic E-state index is 11.8. The minimum absolute atomic E-state index is 0.151. The molecule has 0 fully saturated rings. The summed E-state index contributed by atoms with van der Waals surface area (Å²) in [5.74, 6) is -1.11. The Hall–Kier alpha value is -1.25. The van der Waals surface area contributed by atoms with Gasteiger partial charge in [0.25, 0.3) is 0 Å². The number of hydrogen-bond donors (Lipinski definition) is 2. The Morgan fingerprint density at radius 3 is 3.00 bits per heavy atom. The average molecular weight is 320 g/mol. The van der Waals surface area contributed by atoms with Crippen molar-refractivity contribution >= 4 is 40.7 Å². The molecule has 0 saturated carbocycles. The number of carbonyl (C=O) groups is 1. The van der Waals surface area contributed by atoms with E-state index in [1.807, 2.05) is 13.0 Å². The van der Waals surface area contributed by atoms with Crippen LogP contribution < -0.4 is 5.69 Å². The SMILES string of the molecule is CC(c1ccc(Cl)s1)n1c(SCC(=O)O)n[nH]c1=O. The van der Waals surface area contributed by atoms with E-state index in [-0.39, 0.29) is 17.5 Å². The van der Waals surface area contributed by atoms with Crippen molar-refractivity contribution in [2.75, 3.05) is 5.75 Å². The Morgan fingerprint density at radius 2 is 2.42 bits per heavy atom. The second-order valence-corrected chi connectivity index (χ2v) is 6.37. The number of nitrogens with one attached hydrogen (secondary N) is 1. The van der Waals surface area contributed by atoms with Crippen LogP contribution in [-0.4, -0.2) is 31.6 Å². The van der Waals surface area contributed by atoms with E-state index in [0.29, 0.717) is 9.49 Å². The van der Waals surface area contributed by atoms with E-state index in [2.05, 4.69) is 10.2 Å². The van der Waals surface area contributed by atoms with Gasteiger partial charge in [-0.3, -0.25) is 9.36 Å². The summed E-state index contributed by atoms with van der Waals surface area (Å²) in [6, 6.07) is 3.34. The summed E-state index contributed by atoms with van der Waals surface area (Å²) in [6.07, 6.45) is 0. The highest BCUT2D eigenvalue weighted by Crippen LogP contribution is 2.30. The van der Waals surface area contributed by atoms with Crippen molar-refractivity contribution in [1.82, 2.24) is 14.8 Å². The minimum atomic E-state index is -0.959. The lowest BCUT2D eigenvalue weighted by Gasteiger charge is -2.11. The molecule has 0 amide bonds. The number of rotatable bonds is 5. The fourth-order valence-corrected chi connectivity index (χ4v) is 3.39. The van der Waals surface area contributed by atoms with Crippen LogP contribution in [0.3, 0.4) is 0 Å². The Bertz CT molecular complexity index is 648. The maximum Gasteiger partial charge on any atom is 0.344 e. The van der Waals surface area contributed by atoms with Gasteiger partial charge in [0.05, 0.1) is 16.1 Å². The zero-order chi connectivity index (χ0) is 14.0. The van der Waals surface area contributed by atoms with Crippen molar-refractivity contribution in [2.24, 2.45) is 0 Å². The zero-order valence-electron chi connectivity index (χ0n) is 9.79. The van der Waals surface area contributed by atoms with Crippen LogP contribution in [0.1, 0.15) is 17.8 Å². The predicted octanol–water partition coefficient (Wildman–Crippen LogP) is 2.07. The molecule has 9 heteroatoms. The molecule has 2 aromatic rings. The number of aromatic nitrogens is 3. The van der Waals surface area contributed by atoms with Crippen LogP contribution >= 0.6 is 34.7 Å². The van der Waals surface area contributed by atoms with Crippen LogP contribution in [0.2, 0.25) is 4.34 Å². The second kappa shape index (κ2) is 5.81. The average Bonchev–Trinajstić information content (AvgIpc) is 2.92. The lowest BCUT2D eigenvalue weighted by atomic mass is 10.3. The quantitative estimate of drug-likeness (QED) is 0.824. The van der Waals surface area contributed by atoms with E-state index >= 15 is 0 Å². The Morgan fingerprint density at radius 1 is 1.68 bits per heavy atom. The molecule has 2 N–H and O–H groups in total. The summed E-state index contributed by atoms with van der Waals surface area (Å²) < 4.78 is 2.06. The normalized spacial score (nSPS) is 12.5. The van der Waals surface area contributed by atoms with Crippen LogP contribution in [0.4, 0.5) is 0 Å². The molecule has 0 aliphatic carbocycles. The van der Waals surface area contributed by atoms with Gasteiger partial charge in [-0.1, -0.05) is 23.4 Å². The third-order valence-corrected chi connectivity index (χ3v) is 4.73. The molecule has 2 heterocycles. The molecule has 2 rings (SSSR count). The first-order chi connectivity index (χ1) is 8.99. The van der Waals surface area contributed by atoms with Crippen molar-refractivity contribution < 1.29 is 9.90 Å². The highest BCUT2D eigenvalue weighted by Gasteiger charge is 2.18. The van der Waals surface area contributed by atoms with Crippen molar-refractivity contribution in [3.8, 4) is 0 Å². The lowest BCUT2D eigenvalue weighted by molar-refractivity contribution is -0.133. The number of carboxylic acids is 1. The van der Waals surface area contributed by atoms with Crippen LogP contribution in [0.5, 0.6) is 0 Å². The lowest BCUT2D eigenvalue weighted by Crippen LogP contribution is -2.21. The van der Waals surface area contributed by atoms with Crippen molar-refractivity contribution in [2.45, 2.75) is 18.1 Å². The number of aliphatic carboxylic acids is 1. The third kappa shape index (κ3) is 3.20. The van der Waals surface area contributed by atoms with Crippen molar-refractivity contribution in [3.63, 3.8) is 0 Å². The summed E-state index contributed by atoms with van der Waals surface area (Å²) in [6.45, 7) is 1.84. The summed E-state index contributed by atoms with van der Waals surface area (Å²) in [7, 11) is 0. The van der Waals surface area contributed by atoms with Gasteiger partial charge in [0, 0.05) is 4.88 Å². The predicted molar refractivity (Wildman–Crippen MR) is 74.3 cm³/mol. The monoisotopic (exact) mass is 319 g/mol. The maximum atomic E-state index is 11.8. The molecule has 0 aliphatic rings. The third-order valence-electron chi connectivity index (χ3n) is 2.39. The van der Waals surface area contributed by atoms with Gasteiger partial charge in [-0.2, -0.15) is 0 Å². The summed E-state index contributed by atoms with van der Waals surface area (Å²) in [4.78, 5) is 23.2. The van der Waals surface area contributed by atoms with Gasteiger partial charge in [-0.25, -0.2) is 9.89 Å². The molecule has 0 aromatic carbocycles. The van der Waals surface area contributed by atoms with E-state index in [0.717, 1.165) is 16.6 Å². The van der Waals surface area contributed by atoms with Gasteiger partial charge in [0.15, 0.2) is 5.16 Å². The number of hydrogen-bond acceptors (Lipinski definition) is 5. The van der Waals surface area contributed by atoms with E-state index in [1.165, 1.54) is 15.9 Å². The van der Waals surface area contributed by atoms with Gasteiger partial charge in [0.2, 0.25) is 0 Å². The van der Waals surface area contributed by atoms with Crippen LogP contribution in [0.15, 0.2) is 22.1 Å². The molecule has 1 atom stereocenters. The Labute approximate surface area is 121 Å². The number of thiophene rings is 1. The number of thioether (sulfide) groups is 1. The van der Waals surface area contributed by atoms with E-state index in [1.54, 1.807) is 6.07 Å². The Balaban J connectivity index is 2.30. The minimum Gasteiger partial charge on any atom is -0.481 e. The first-order valence-electron chi connectivity index (χ1n) is 5.25. The Kier molecular flexibility index (Phi) is 4.33. The summed E-state index contributed by atoms with van der Waals surface area (Å²) in [5, 5.41) is 15.2. The molecule has 6 nitrogen and oxygen atoms in total. The van der Waals surface area contributed by atoms with Gasteiger partial charge >= 0.3 is 11.7 Å². The zero-order valence-corrected chi connectivity index (χ0v) is 12.2. The second-order valence-electron chi connectivity index (χ2n) is 3.68. The number of halogens is 1. The first kappa shape index (κ1) is 14.2. The molecule has 102 valence electrons.